The lowest BCUT2D eigenvalue weighted by atomic mass is 10.2. The van der Waals surface area contributed by atoms with Gasteiger partial charge in [0.05, 0.1) is 18.7 Å². The largest absolute Gasteiger partial charge is 0.378 e. The molecular formula is C19H22N4O. The molecule has 0 amide bonds. The van der Waals surface area contributed by atoms with Crippen molar-refractivity contribution in [2.24, 2.45) is 0 Å². The fourth-order valence-corrected chi connectivity index (χ4v) is 2.73. The third kappa shape index (κ3) is 3.21. The van der Waals surface area contributed by atoms with E-state index in [1.165, 1.54) is 0 Å². The van der Waals surface area contributed by atoms with Crippen LogP contribution in [0.4, 0.5) is 5.82 Å². The molecule has 1 fully saturated rings. The van der Waals surface area contributed by atoms with Gasteiger partial charge in [0.15, 0.2) is 11.6 Å². The van der Waals surface area contributed by atoms with Crippen molar-refractivity contribution in [3.05, 3.63) is 48.5 Å². The molecule has 1 aliphatic rings. The zero-order valence-electron chi connectivity index (χ0n) is 14.2. The van der Waals surface area contributed by atoms with Crippen LogP contribution in [-0.4, -0.2) is 41.3 Å². The molecular weight excluding hydrogens is 300 g/mol. The second kappa shape index (κ2) is 7.36. The molecule has 2 aromatic rings. The number of aromatic nitrogens is 3. The Morgan fingerprint density at radius 3 is 2.71 bits per heavy atom. The Bertz CT molecular complexity index is 804. The fourth-order valence-electron chi connectivity index (χ4n) is 2.73. The molecule has 1 aliphatic heterocycles. The van der Waals surface area contributed by atoms with Gasteiger partial charge in [0.1, 0.15) is 5.52 Å². The molecule has 0 unspecified atom stereocenters. The Balaban J connectivity index is 2.20. The number of nitrogens with zero attached hydrogens (tertiary/aromatic N) is 4. The summed E-state index contributed by atoms with van der Waals surface area (Å²) in [5, 5.41) is 0. The molecule has 0 aliphatic carbocycles. The maximum atomic E-state index is 5.47. The molecule has 24 heavy (non-hydrogen) atoms. The summed E-state index contributed by atoms with van der Waals surface area (Å²) >= 11 is 0. The number of anilines is 1. The van der Waals surface area contributed by atoms with Crippen LogP contribution in [0.25, 0.3) is 22.7 Å². The van der Waals surface area contributed by atoms with Crippen LogP contribution in [-0.2, 0) is 4.74 Å². The highest BCUT2D eigenvalue weighted by Crippen LogP contribution is 2.26. The standard InChI is InChI=1S/C19H22N4O/c1-4-7-15(6-3)18-21-16-12-14(5-2)13-20-17(16)19(22-18)23-8-10-24-11-9-23/h4-7,12-13H,2,8-11H2,1,3H3/b7-4-,15-6+. The molecule has 0 N–H and O–H groups in total. The van der Waals surface area contributed by atoms with Crippen LogP contribution in [0.2, 0.25) is 0 Å². The maximum absolute atomic E-state index is 5.47. The van der Waals surface area contributed by atoms with Gasteiger partial charge in [-0.05, 0) is 25.5 Å². The van der Waals surface area contributed by atoms with E-state index in [1.807, 2.05) is 44.3 Å². The normalized spacial score (nSPS) is 16.1. The van der Waals surface area contributed by atoms with E-state index in [1.54, 1.807) is 6.08 Å². The second-order valence-corrected chi connectivity index (χ2v) is 5.55. The van der Waals surface area contributed by atoms with E-state index in [0.717, 1.165) is 41.1 Å². The lowest BCUT2D eigenvalue weighted by Crippen LogP contribution is -2.37. The molecule has 124 valence electrons. The first-order chi connectivity index (χ1) is 11.8. The fraction of sp³-hybridized carbons (Fsp3) is 0.316. The second-order valence-electron chi connectivity index (χ2n) is 5.55. The first-order valence-electron chi connectivity index (χ1n) is 8.19. The molecule has 1 saturated heterocycles. The summed E-state index contributed by atoms with van der Waals surface area (Å²) in [5.41, 5.74) is 3.61. The molecule has 0 spiro atoms. The quantitative estimate of drug-likeness (QED) is 0.807. The Morgan fingerprint density at radius 2 is 2.04 bits per heavy atom. The molecule has 5 nitrogen and oxygen atoms in total. The van der Waals surface area contributed by atoms with Crippen molar-refractivity contribution in [2.75, 3.05) is 31.2 Å². The van der Waals surface area contributed by atoms with Crippen LogP contribution in [0.1, 0.15) is 25.2 Å². The number of morpholine rings is 1. The summed E-state index contributed by atoms with van der Waals surface area (Å²) in [6, 6.07) is 2.01. The van der Waals surface area contributed by atoms with E-state index in [2.05, 4.69) is 16.5 Å². The predicted molar refractivity (Wildman–Crippen MR) is 98.9 cm³/mol. The van der Waals surface area contributed by atoms with Crippen LogP contribution in [0.3, 0.4) is 0 Å². The smallest absolute Gasteiger partial charge is 0.161 e. The van der Waals surface area contributed by atoms with Gasteiger partial charge in [-0.15, -0.1) is 0 Å². The molecule has 0 radical (unpaired) electrons. The van der Waals surface area contributed by atoms with Crippen molar-refractivity contribution in [1.29, 1.82) is 0 Å². The Morgan fingerprint density at radius 1 is 1.25 bits per heavy atom. The number of rotatable bonds is 4. The van der Waals surface area contributed by atoms with E-state index in [-0.39, 0.29) is 0 Å². The van der Waals surface area contributed by atoms with Crippen molar-refractivity contribution >= 4 is 28.5 Å². The van der Waals surface area contributed by atoms with Crippen molar-refractivity contribution in [2.45, 2.75) is 13.8 Å². The van der Waals surface area contributed by atoms with Gasteiger partial charge in [0.25, 0.3) is 0 Å². The Kier molecular flexibility index (Phi) is 5.01. The number of hydrogen-bond acceptors (Lipinski definition) is 5. The molecule has 0 bridgehead atoms. The van der Waals surface area contributed by atoms with Crippen molar-refractivity contribution in [1.82, 2.24) is 15.0 Å². The van der Waals surface area contributed by atoms with Crippen LogP contribution < -0.4 is 4.90 Å². The molecule has 3 rings (SSSR count). The summed E-state index contributed by atoms with van der Waals surface area (Å²) in [5.74, 6) is 1.59. The molecule has 5 heteroatoms. The van der Waals surface area contributed by atoms with E-state index in [9.17, 15) is 0 Å². The zero-order chi connectivity index (χ0) is 16.9. The lowest BCUT2D eigenvalue weighted by molar-refractivity contribution is 0.122. The highest BCUT2D eigenvalue weighted by molar-refractivity contribution is 5.88. The van der Waals surface area contributed by atoms with E-state index < -0.39 is 0 Å². The summed E-state index contributed by atoms with van der Waals surface area (Å²) < 4.78 is 5.47. The van der Waals surface area contributed by atoms with E-state index in [0.29, 0.717) is 19.0 Å². The highest BCUT2D eigenvalue weighted by atomic mass is 16.5. The van der Waals surface area contributed by atoms with Gasteiger partial charge in [0.2, 0.25) is 0 Å². The van der Waals surface area contributed by atoms with Gasteiger partial charge < -0.3 is 9.64 Å². The first kappa shape index (κ1) is 16.3. The molecule has 2 aromatic heterocycles. The number of pyridine rings is 1. The minimum atomic E-state index is 0.705. The highest BCUT2D eigenvalue weighted by Gasteiger charge is 2.19. The minimum Gasteiger partial charge on any atom is -0.378 e. The summed E-state index contributed by atoms with van der Waals surface area (Å²) in [4.78, 5) is 16.4. The van der Waals surface area contributed by atoms with Crippen molar-refractivity contribution in [3.8, 4) is 0 Å². The van der Waals surface area contributed by atoms with Crippen LogP contribution in [0, 0.1) is 0 Å². The monoisotopic (exact) mass is 322 g/mol. The number of hydrogen-bond donors (Lipinski definition) is 0. The zero-order valence-corrected chi connectivity index (χ0v) is 14.2. The van der Waals surface area contributed by atoms with Crippen LogP contribution in [0.15, 0.2) is 37.1 Å². The summed E-state index contributed by atoms with van der Waals surface area (Å²) in [7, 11) is 0. The number of fused-ring (bicyclic) bond motifs is 1. The lowest BCUT2D eigenvalue weighted by Gasteiger charge is -2.28. The van der Waals surface area contributed by atoms with E-state index in [4.69, 9.17) is 14.7 Å². The minimum absolute atomic E-state index is 0.705. The molecule has 3 heterocycles. The van der Waals surface area contributed by atoms with Gasteiger partial charge in [-0.3, -0.25) is 4.98 Å². The summed E-state index contributed by atoms with van der Waals surface area (Å²) in [6.07, 6.45) is 9.63. The maximum Gasteiger partial charge on any atom is 0.161 e. The van der Waals surface area contributed by atoms with Gasteiger partial charge in [-0.25, -0.2) is 9.97 Å². The first-order valence-corrected chi connectivity index (χ1v) is 8.19. The van der Waals surface area contributed by atoms with E-state index >= 15 is 0 Å². The Labute approximate surface area is 142 Å². The van der Waals surface area contributed by atoms with Gasteiger partial charge in [0, 0.05) is 24.9 Å². The third-order valence-corrected chi connectivity index (χ3v) is 4.00. The third-order valence-electron chi connectivity index (χ3n) is 4.00. The van der Waals surface area contributed by atoms with Gasteiger partial charge in [-0.1, -0.05) is 30.9 Å². The molecule has 0 atom stereocenters. The van der Waals surface area contributed by atoms with Crippen LogP contribution in [0.5, 0.6) is 0 Å². The average Bonchev–Trinajstić information content (AvgIpc) is 2.65. The predicted octanol–water partition coefficient (Wildman–Crippen LogP) is 3.48. The topological polar surface area (TPSA) is 51.1 Å². The van der Waals surface area contributed by atoms with Crippen molar-refractivity contribution < 1.29 is 4.74 Å². The number of allylic oxidation sites excluding steroid dienone is 4. The average molecular weight is 322 g/mol. The van der Waals surface area contributed by atoms with Gasteiger partial charge in [-0.2, -0.15) is 0 Å². The SMILES string of the molecule is C=Cc1cnc2c(N3CCOCC3)nc(C(/C=C\C)=C/C)nc2c1. The number of ether oxygens (including phenoxy) is 1. The Hall–Kier alpha value is -2.53. The van der Waals surface area contributed by atoms with Crippen molar-refractivity contribution in [3.63, 3.8) is 0 Å². The molecule has 0 aromatic carbocycles. The van der Waals surface area contributed by atoms with Gasteiger partial charge >= 0.3 is 0 Å². The van der Waals surface area contributed by atoms with Crippen LogP contribution >= 0.6 is 0 Å². The molecule has 0 saturated carbocycles. The summed E-state index contributed by atoms with van der Waals surface area (Å²) in [6.45, 7) is 10.8.